The predicted molar refractivity (Wildman–Crippen MR) is 69.3 cm³/mol. The highest BCUT2D eigenvalue weighted by Crippen LogP contribution is 2.44. The third-order valence-electron chi connectivity index (χ3n) is 4.42. The fourth-order valence-electron chi connectivity index (χ4n) is 3.19. The van der Waals surface area contributed by atoms with Crippen LogP contribution >= 0.6 is 0 Å². The normalized spacial score (nSPS) is 33.2. The van der Waals surface area contributed by atoms with Gasteiger partial charge in [0.1, 0.15) is 0 Å². The third kappa shape index (κ3) is 2.65. The lowest BCUT2D eigenvalue weighted by atomic mass is 9.84. The summed E-state index contributed by atoms with van der Waals surface area (Å²) in [5.74, 6) is -0.752. The van der Waals surface area contributed by atoms with Crippen molar-refractivity contribution < 1.29 is 18.0 Å². The van der Waals surface area contributed by atoms with Gasteiger partial charge in [-0.25, -0.2) is 0 Å². The van der Waals surface area contributed by atoms with Gasteiger partial charge in [0.25, 0.3) is 0 Å². The monoisotopic (exact) mass is 293 g/mol. The van der Waals surface area contributed by atoms with Gasteiger partial charge in [0, 0.05) is 25.7 Å². The van der Waals surface area contributed by atoms with E-state index >= 15 is 0 Å². The van der Waals surface area contributed by atoms with E-state index in [0.29, 0.717) is 19.5 Å². The van der Waals surface area contributed by atoms with Crippen molar-refractivity contribution >= 4 is 5.91 Å². The van der Waals surface area contributed by atoms with Gasteiger partial charge in [-0.3, -0.25) is 4.79 Å². The van der Waals surface area contributed by atoms with E-state index < -0.39 is 17.5 Å². The molecular formula is C13H22F3N3O. The zero-order valence-electron chi connectivity index (χ0n) is 12.0. The zero-order chi connectivity index (χ0) is 15.0. The van der Waals surface area contributed by atoms with Crippen LogP contribution in [0.25, 0.3) is 0 Å². The Balaban J connectivity index is 2.23. The Bertz CT molecular complexity index is 366. The molecule has 2 aliphatic rings. The van der Waals surface area contributed by atoms with Crippen LogP contribution in [-0.4, -0.2) is 67.7 Å². The minimum Gasteiger partial charge on any atom is -0.338 e. The summed E-state index contributed by atoms with van der Waals surface area (Å²) >= 11 is 0. The number of hydrogen-bond acceptors (Lipinski definition) is 3. The van der Waals surface area contributed by atoms with E-state index in [2.05, 4.69) is 10.2 Å². The summed E-state index contributed by atoms with van der Waals surface area (Å²) in [5, 5.41) is 2.70. The van der Waals surface area contributed by atoms with E-state index in [1.54, 1.807) is 0 Å². The first-order valence-electron chi connectivity index (χ1n) is 7.05. The van der Waals surface area contributed by atoms with Crippen molar-refractivity contribution in [2.75, 3.05) is 39.8 Å². The lowest BCUT2D eigenvalue weighted by Gasteiger charge is -2.37. The van der Waals surface area contributed by atoms with Crippen LogP contribution in [0.3, 0.4) is 0 Å². The number of likely N-dealkylation sites (N-methyl/N-ethyl adjacent to an activating group) is 1. The van der Waals surface area contributed by atoms with Gasteiger partial charge in [0.2, 0.25) is 5.91 Å². The van der Waals surface area contributed by atoms with E-state index in [-0.39, 0.29) is 25.6 Å². The van der Waals surface area contributed by atoms with Gasteiger partial charge in [-0.05, 0) is 39.9 Å². The van der Waals surface area contributed by atoms with Crippen molar-refractivity contribution in [3.05, 3.63) is 0 Å². The molecule has 2 aliphatic heterocycles. The molecule has 116 valence electrons. The molecule has 0 aromatic heterocycles. The second-order valence-electron chi connectivity index (χ2n) is 5.97. The molecule has 2 fully saturated rings. The maximum Gasteiger partial charge on any atom is 0.404 e. The molecule has 2 atom stereocenters. The Labute approximate surface area is 117 Å². The Hall–Kier alpha value is -0.820. The largest absolute Gasteiger partial charge is 0.404 e. The van der Waals surface area contributed by atoms with Crippen molar-refractivity contribution in [3.63, 3.8) is 0 Å². The first-order chi connectivity index (χ1) is 9.28. The Kier molecular flexibility index (Phi) is 4.30. The van der Waals surface area contributed by atoms with E-state index in [4.69, 9.17) is 0 Å². The molecule has 0 aliphatic carbocycles. The van der Waals surface area contributed by atoms with Crippen LogP contribution in [0, 0.1) is 5.41 Å². The molecule has 2 saturated heterocycles. The van der Waals surface area contributed by atoms with Crippen LogP contribution in [0.4, 0.5) is 13.2 Å². The summed E-state index contributed by atoms with van der Waals surface area (Å²) in [6.07, 6.45) is -3.94. The lowest BCUT2D eigenvalue weighted by molar-refractivity contribution is -0.222. The highest BCUT2D eigenvalue weighted by molar-refractivity contribution is 5.84. The highest BCUT2D eigenvalue weighted by Gasteiger charge is 2.62. The predicted octanol–water partition coefficient (Wildman–Crippen LogP) is 1.08. The van der Waals surface area contributed by atoms with Crippen molar-refractivity contribution in [1.29, 1.82) is 0 Å². The molecule has 0 aromatic rings. The maximum absolute atomic E-state index is 13.4. The number of carbonyl (C=O) groups excluding carboxylic acids is 1. The van der Waals surface area contributed by atoms with Gasteiger partial charge in [0.05, 0.1) is 0 Å². The molecule has 2 unspecified atom stereocenters. The number of halogens is 3. The number of nitrogens with one attached hydrogen (secondary N) is 1. The van der Waals surface area contributed by atoms with Crippen molar-refractivity contribution in [2.24, 2.45) is 5.41 Å². The van der Waals surface area contributed by atoms with Crippen LogP contribution in [0.5, 0.6) is 0 Å². The maximum atomic E-state index is 13.4. The average Bonchev–Trinajstić information content (AvgIpc) is 2.77. The van der Waals surface area contributed by atoms with E-state index in [9.17, 15) is 18.0 Å². The van der Waals surface area contributed by atoms with Crippen LogP contribution in [0.1, 0.15) is 19.8 Å². The molecule has 0 spiro atoms. The summed E-state index contributed by atoms with van der Waals surface area (Å²) in [6, 6.07) is -0.185. The van der Waals surface area contributed by atoms with Crippen LogP contribution < -0.4 is 5.32 Å². The van der Waals surface area contributed by atoms with Crippen molar-refractivity contribution in [2.45, 2.75) is 32.0 Å². The first-order valence-corrected chi connectivity index (χ1v) is 7.05. The smallest absolute Gasteiger partial charge is 0.338 e. The van der Waals surface area contributed by atoms with E-state index in [1.807, 2.05) is 14.0 Å². The standard InChI is InChI=1S/C13H22F3N3O/c1-10-8-18(2)6-3-7-19(10)11(20)12(13(14,15)16)4-5-17-9-12/h10,17H,3-9H2,1-2H3. The molecule has 0 radical (unpaired) electrons. The summed E-state index contributed by atoms with van der Waals surface area (Å²) in [6.45, 7) is 3.61. The summed E-state index contributed by atoms with van der Waals surface area (Å²) in [5.41, 5.74) is -2.23. The van der Waals surface area contributed by atoms with Gasteiger partial charge < -0.3 is 15.1 Å². The quantitative estimate of drug-likeness (QED) is 0.786. The molecule has 0 aromatic carbocycles. The molecular weight excluding hydrogens is 271 g/mol. The van der Waals surface area contributed by atoms with Crippen molar-refractivity contribution in [1.82, 2.24) is 15.1 Å². The summed E-state index contributed by atoms with van der Waals surface area (Å²) in [7, 11) is 1.93. The second-order valence-corrected chi connectivity index (χ2v) is 5.97. The molecule has 4 nitrogen and oxygen atoms in total. The van der Waals surface area contributed by atoms with Gasteiger partial charge in [-0.2, -0.15) is 13.2 Å². The molecule has 1 amide bonds. The first kappa shape index (κ1) is 15.6. The molecule has 7 heteroatoms. The van der Waals surface area contributed by atoms with Gasteiger partial charge in [0.15, 0.2) is 5.41 Å². The Morgan fingerprint density at radius 3 is 2.60 bits per heavy atom. The molecule has 2 rings (SSSR count). The van der Waals surface area contributed by atoms with Crippen LogP contribution in [-0.2, 0) is 4.79 Å². The number of hydrogen-bond donors (Lipinski definition) is 1. The fraction of sp³-hybridized carbons (Fsp3) is 0.923. The molecule has 0 saturated carbocycles. The minimum atomic E-state index is -4.49. The van der Waals surface area contributed by atoms with Crippen LogP contribution in [0.2, 0.25) is 0 Å². The summed E-state index contributed by atoms with van der Waals surface area (Å²) in [4.78, 5) is 16.1. The second kappa shape index (κ2) is 5.52. The fourth-order valence-corrected chi connectivity index (χ4v) is 3.19. The molecule has 20 heavy (non-hydrogen) atoms. The van der Waals surface area contributed by atoms with Gasteiger partial charge in [-0.15, -0.1) is 0 Å². The van der Waals surface area contributed by atoms with E-state index in [1.165, 1.54) is 4.90 Å². The Morgan fingerprint density at radius 1 is 1.35 bits per heavy atom. The number of amides is 1. The molecule has 2 heterocycles. The van der Waals surface area contributed by atoms with Crippen LogP contribution in [0.15, 0.2) is 0 Å². The van der Waals surface area contributed by atoms with Crippen molar-refractivity contribution in [3.8, 4) is 0 Å². The lowest BCUT2D eigenvalue weighted by Crippen LogP contribution is -2.56. The molecule has 0 bridgehead atoms. The minimum absolute atomic E-state index is 0.158. The zero-order valence-corrected chi connectivity index (χ0v) is 12.0. The number of carbonyl (C=O) groups is 1. The highest BCUT2D eigenvalue weighted by atomic mass is 19.4. The Morgan fingerprint density at radius 2 is 2.05 bits per heavy atom. The average molecular weight is 293 g/mol. The summed E-state index contributed by atoms with van der Waals surface area (Å²) < 4.78 is 40.3. The van der Waals surface area contributed by atoms with Gasteiger partial charge in [-0.1, -0.05) is 0 Å². The molecule has 1 N–H and O–H groups in total. The number of nitrogens with zero attached hydrogens (tertiary/aromatic N) is 2. The number of rotatable bonds is 1. The van der Waals surface area contributed by atoms with E-state index in [0.717, 1.165) is 6.54 Å². The third-order valence-corrected chi connectivity index (χ3v) is 4.42. The number of alkyl halides is 3. The topological polar surface area (TPSA) is 35.6 Å². The SMILES string of the molecule is CC1CN(C)CCCN1C(=O)C1(C(F)(F)F)CCNC1. The van der Waals surface area contributed by atoms with Gasteiger partial charge >= 0.3 is 6.18 Å².